The Bertz CT molecular complexity index is 507. The Kier molecular flexibility index (Phi) is 5.57. The summed E-state index contributed by atoms with van der Waals surface area (Å²) < 4.78 is 10.1. The van der Waals surface area contributed by atoms with Gasteiger partial charge in [-0.3, -0.25) is 9.59 Å². The number of rotatable bonds is 6. The molecule has 2 rings (SSSR count). The largest absolute Gasteiger partial charge is 0.481 e. The van der Waals surface area contributed by atoms with Crippen LogP contribution >= 0.6 is 11.8 Å². The van der Waals surface area contributed by atoms with Crippen molar-refractivity contribution in [1.29, 1.82) is 0 Å². The summed E-state index contributed by atoms with van der Waals surface area (Å²) in [4.78, 5) is 28.5. The molecular weight excluding hydrogens is 298 g/mol. The van der Waals surface area contributed by atoms with E-state index >= 15 is 0 Å². The van der Waals surface area contributed by atoms with Crippen molar-refractivity contribution in [2.75, 3.05) is 24.7 Å². The van der Waals surface area contributed by atoms with Gasteiger partial charge in [-0.05, 0) is 6.92 Å². The fourth-order valence-corrected chi connectivity index (χ4v) is 3.12. The van der Waals surface area contributed by atoms with E-state index in [2.05, 4.69) is 10.1 Å². The second kappa shape index (κ2) is 7.41. The van der Waals surface area contributed by atoms with Crippen LogP contribution in [0, 0.1) is 6.92 Å². The Labute approximate surface area is 125 Å². The summed E-state index contributed by atoms with van der Waals surface area (Å²) in [6.07, 6.45) is -0.0401. The van der Waals surface area contributed by atoms with Crippen molar-refractivity contribution in [1.82, 2.24) is 15.0 Å². The summed E-state index contributed by atoms with van der Waals surface area (Å²) in [7, 11) is 0. The Balaban J connectivity index is 1.81. The molecule has 0 spiro atoms. The van der Waals surface area contributed by atoms with Gasteiger partial charge < -0.3 is 19.3 Å². The Morgan fingerprint density at radius 2 is 2.38 bits per heavy atom. The number of amides is 1. The molecule has 9 heteroatoms. The number of aryl methyl sites for hydroxylation is 1. The number of aliphatic carboxylic acids is 1. The van der Waals surface area contributed by atoms with E-state index in [-0.39, 0.29) is 31.6 Å². The molecule has 0 bridgehead atoms. The van der Waals surface area contributed by atoms with Crippen molar-refractivity contribution in [2.45, 2.75) is 26.0 Å². The van der Waals surface area contributed by atoms with Gasteiger partial charge in [-0.2, -0.15) is 16.7 Å². The van der Waals surface area contributed by atoms with Crippen molar-refractivity contribution in [3.63, 3.8) is 0 Å². The summed E-state index contributed by atoms with van der Waals surface area (Å²) >= 11 is 1.66. The molecule has 0 saturated carbocycles. The first kappa shape index (κ1) is 15.8. The second-order valence-electron chi connectivity index (χ2n) is 4.64. The minimum absolute atomic E-state index is 0.0401. The fraction of sp³-hybridized carbons (Fsp3) is 0.667. The molecular formula is C12H17N3O5S. The molecule has 1 fully saturated rings. The molecule has 1 N–H and O–H groups in total. The third-order valence-corrected chi connectivity index (χ3v) is 4.07. The lowest BCUT2D eigenvalue weighted by Crippen LogP contribution is -2.48. The SMILES string of the molecule is Cc1noc(COCC(=O)N2CCSCC2CC(=O)O)n1. The van der Waals surface area contributed by atoms with Crippen LogP contribution in [0.3, 0.4) is 0 Å². The number of carboxylic acid groups (broad SMARTS) is 1. The van der Waals surface area contributed by atoms with Crippen LogP contribution in [-0.2, 0) is 20.9 Å². The van der Waals surface area contributed by atoms with Gasteiger partial charge in [-0.25, -0.2) is 0 Å². The first-order valence-corrected chi connectivity index (χ1v) is 7.67. The van der Waals surface area contributed by atoms with E-state index in [1.807, 2.05) is 0 Å². The maximum Gasteiger partial charge on any atom is 0.305 e. The Morgan fingerprint density at radius 3 is 3.05 bits per heavy atom. The predicted octanol–water partition coefficient (Wildman–Crippen LogP) is 0.313. The molecule has 1 aliphatic rings. The molecule has 1 saturated heterocycles. The topological polar surface area (TPSA) is 106 Å². The number of ether oxygens (including phenoxy) is 1. The molecule has 8 nitrogen and oxygen atoms in total. The van der Waals surface area contributed by atoms with E-state index in [1.165, 1.54) is 0 Å². The molecule has 1 amide bonds. The summed E-state index contributed by atoms with van der Waals surface area (Å²) in [5, 5.41) is 12.5. The van der Waals surface area contributed by atoms with E-state index in [4.69, 9.17) is 14.4 Å². The zero-order valence-electron chi connectivity index (χ0n) is 11.7. The van der Waals surface area contributed by atoms with Gasteiger partial charge >= 0.3 is 5.97 Å². The van der Waals surface area contributed by atoms with E-state index in [1.54, 1.807) is 23.6 Å². The van der Waals surface area contributed by atoms with Crippen molar-refractivity contribution in [3.05, 3.63) is 11.7 Å². The standard InChI is InChI=1S/C12H17N3O5S/c1-8-13-10(20-14-8)5-19-6-11(16)15-2-3-21-7-9(15)4-12(17)18/h9H,2-7H2,1H3,(H,17,18). The highest BCUT2D eigenvalue weighted by Crippen LogP contribution is 2.19. The number of aromatic nitrogens is 2. The number of carbonyl (C=O) groups is 2. The average Bonchev–Trinajstić information content (AvgIpc) is 2.84. The third-order valence-electron chi connectivity index (χ3n) is 2.98. The van der Waals surface area contributed by atoms with Gasteiger partial charge in [0.15, 0.2) is 5.82 Å². The molecule has 1 atom stereocenters. The van der Waals surface area contributed by atoms with Crippen LogP contribution in [0.2, 0.25) is 0 Å². The van der Waals surface area contributed by atoms with Crippen molar-refractivity contribution >= 4 is 23.6 Å². The van der Waals surface area contributed by atoms with Crippen molar-refractivity contribution < 1.29 is 24.0 Å². The molecule has 21 heavy (non-hydrogen) atoms. The number of hydrogen-bond donors (Lipinski definition) is 1. The lowest BCUT2D eigenvalue weighted by molar-refractivity contribution is -0.142. The molecule has 2 heterocycles. The summed E-state index contributed by atoms with van der Waals surface area (Å²) in [5.74, 6) is 1.16. The summed E-state index contributed by atoms with van der Waals surface area (Å²) in [6, 6.07) is -0.275. The highest BCUT2D eigenvalue weighted by molar-refractivity contribution is 7.99. The van der Waals surface area contributed by atoms with Gasteiger partial charge in [0.2, 0.25) is 5.91 Å². The Hall–Kier alpha value is -1.61. The third kappa shape index (κ3) is 4.71. The molecule has 1 aliphatic heterocycles. The van der Waals surface area contributed by atoms with Gasteiger partial charge in [0.1, 0.15) is 13.2 Å². The second-order valence-corrected chi connectivity index (χ2v) is 5.79. The van der Waals surface area contributed by atoms with Crippen LogP contribution in [0.15, 0.2) is 4.52 Å². The molecule has 0 aromatic carbocycles. The van der Waals surface area contributed by atoms with E-state index in [0.717, 1.165) is 5.75 Å². The van der Waals surface area contributed by atoms with E-state index in [9.17, 15) is 9.59 Å². The van der Waals surface area contributed by atoms with Crippen LogP contribution in [-0.4, -0.2) is 62.7 Å². The number of nitrogens with zero attached hydrogens (tertiary/aromatic N) is 3. The van der Waals surface area contributed by atoms with Gasteiger partial charge in [-0.1, -0.05) is 5.16 Å². The first-order chi connectivity index (χ1) is 10.1. The minimum Gasteiger partial charge on any atom is -0.481 e. The Morgan fingerprint density at radius 1 is 1.57 bits per heavy atom. The van der Waals surface area contributed by atoms with E-state index < -0.39 is 5.97 Å². The van der Waals surface area contributed by atoms with Crippen LogP contribution < -0.4 is 0 Å². The van der Waals surface area contributed by atoms with Gasteiger partial charge in [0.05, 0.1) is 12.5 Å². The molecule has 1 unspecified atom stereocenters. The zero-order valence-corrected chi connectivity index (χ0v) is 12.5. The first-order valence-electron chi connectivity index (χ1n) is 6.52. The number of carboxylic acids is 1. The van der Waals surface area contributed by atoms with Crippen LogP contribution in [0.1, 0.15) is 18.1 Å². The maximum absolute atomic E-state index is 12.1. The molecule has 1 aromatic heterocycles. The number of hydrogen-bond acceptors (Lipinski definition) is 7. The molecule has 1 aromatic rings. The smallest absolute Gasteiger partial charge is 0.305 e. The van der Waals surface area contributed by atoms with Crippen LogP contribution in [0.4, 0.5) is 0 Å². The lowest BCUT2D eigenvalue weighted by atomic mass is 10.2. The normalized spacial score (nSPS) is 18.7. The highest BCUT2D eigenvalue weighted by Gasteiger charge is 2.28. The molecule has 116 valence electrons. The van der Waals surface area contributed by atoms with Crippen LogP contribution in [0.25, 0.3) is 0 Å². The maximum atomic E-state index is 12.1. The van der Waals surface area contributed by atoms with Gasteiger partial charge in [0.25, 0.3) is 5.89 Å². The van der Waals surface area contributed by atoms with Gasteiger partial charge in [0, 0.05) is 18.1 Å². The summed E-state index contributed by atoms with van der Waals surface area (Å²) in [5.41, 5.74) is 0. The fourth-order valence-electron chi connectivity index (χ4n) is 2.06. The lowest BCUT2D eigenvalue weighted by Gasteiger charge is -2.34. The van der Waals surface area contributed by atoms with Gasteiger partial charge in [-0.15, -0.1) is 0 Å². The van der Waals surface area contributed by atoms with Crippen LogP contribution in [0.5, 0.6) is 0 Å². The highest BCUT2D eigenvalue weighted by atomic mass is 32.2. The van der Waals surface area contributed by atoms with Crippen molar-refractivity contribution in [3.8, 4) is 0 Å². The zero-order chi connectivity index (χ0) is 15.2. The average molecular weight is 315 g/mol. The minimum atomic E-state index is -0.900. The van der Waals surface area contributed by atoms with E-state index in [0.29, 0.717) is 24.0 Å². The predicted molar refractivity (Wildman–Crippen MR) is 73.8 cm³/mol. The molecule has 0 radical (unpaired) electrons. The molecule has 0 aliphatic carbocycles. The number of thioether (sulfide) groups is 1. The number of carbonyl (C=O) groups excluding carboxylic acids is 1. The quantitative estimate of drug-likeness (QED) is 0.799. The summed E-state index contributed by atoms with van der Waals surface area (Å²) in [6.45, 7) is 2.19. The van der Waals surface area contributed by atoms with Crippen molar-refractivity contribution in [2.24, 2.45) is 0 Å². The monoisotopic (exact) mass is 315 g/mol.